The van der Waals surface area contributed by atoms with Crippen LogP contribution in [0.3, 0.4) is 0 Å². The predicted octanol–water partition coefficient (Wildman–Crippen LogP) is 10.0. The van der Waals surface area contributed by atoms with Crippen molar-refractivity contribution < 1.29 is 28.7 Å². The Morgan fingerprint density at radius 1 is 0.585 bits per heavy atom. The average Bonchev–Trinajstić information content (AvgIpc) is 3.58. The Morgan fingerprint density at radius 2 is 1.00 bits per heavy atom. The molecule has 8 aliphatic rings. The van der Waals surface area contributed by atoms with Crippen LogP contribution in [0.5, 0.6) is 0 Å². The lowest BCUT2D eigenvalue weighted by molar-refractivity contribution is -0.163. The van der Waals surface area contributed by atoms with E-state index < -0.39 is 0 Å². The SMILES string of the molecule is CC1CC2(C)C(OC(=O)CCCCCC(=O)OC3CCC4C5C(C)CC6=CC(=O)CCC6C5C(C)CC34C)CCC2C2C(C)CC3=CC(=O)CCC3C12. The van der Waals surface area contributed by atoms with Crippen LogP contribution in [-0.4, -0.2) is 35.7 Å². The van der Waals surface area contributed by atoms with Gasteiger partial charge < -0.3 is 9.47 Å². The van der Waals surface area contributed by atoms with Crippen LogP contribution < -0.4 is 0 Å². The fourth-order valence-corrected chi connectivity index (χ4v) is 15.7. The quantitative estimate of drug-likeness (QED) is 0.183. The number of fused-ring (bicyclic) bond motifs is 10. The molecule has 0 aromatic rings. The molecule has 0 aromatic carbocycles. The van der Waals surface area contributed by atoms with Gasteiger partial charge in [-0.05, 0) is 160 Å². The number of esters is 2. The lowest BCUT2D eigenvalue weighted by Crippen LogP contribution is -2.54. The molecule has 8 rings (SSSR count). The summed E-state index contributed by atoms with van der Waals surface area (Å²) in [6, 6.07) is 0. The second kappa shape index (κ2) is 14.4. The van der Waals surface area contributed by atoms with Crippen LogP contribution in [0.15, 0.2) is 23.3 Å². The molecule has 16 unspecified atom stereocenters. The molecule has 292 valence electrons. The number of hydrogen-bond donors (Lipinski definition) is 0. The highest BCUT2D eigenvalue weighted by Gasteiger charge is 2.62. The first-order chi connectivity index (χ1) is 25.3. The standard InChI is InChI=1S/C47H68O6/c1-26-20-30-22-32(48)12-14-34(30)42-28(3)24-46(5)36(44(26)42)16-18-38(46)52-40(50)10-8-7-9-11-41(51)53-39-19-17-37-45-27(2)21-31-23-33(49)13-15-35(31)43(45)29(4)25-47(37,39)6/h22-23,26-29,34-39,42-45H,7-21,24-25H2,1-6H3. The van der Waals surface area contributed by atoms with E-state index in [4.69, 9.17) is 9.47 Å². The highest BCUT2D eigenvalue weighted by Crippen LogP contribution is 2.67. The lowest BCUT2D eigenvalue weighted by atomic mass is 9.47. The number of rotatable bonds is 8. The zero-order chi connectivity index (χ0) is 37.4. The fraction of sp³-hybridized carbons (Fsp3) is 0.830. The number of ether oxygens (including phenoxy) is 2. The summed E-state index contributed by atoms with van der Waals surface area (Å²) in [4.78, 5) is 50.9. The van der Waals surface area contributed by atoms with E-state index in [2.05, 4.69) is 41.5 Å². The van der Waals surface area contributed by atoms with Gasteiger partial charge in [-0.2, -0.15) is 0 Å². The molecule has 0 N–H and O–H groups in total. The molecule has 0 heterocycles. The third-order valence-electron chi connectivity index (χ3n) is 17.5. The maximum absolute atomic E-state index is 13.2. The van der Waals surface area contributed by atoms with Crippen molar-refractivity contribution in [2.24, 2.45) is 81.8 Å². The minimum absolute atomic E-state index is 0.00758. The van der Waals surface area contributed by atoms with Crippen LogP contribution in [0.25, 0.3) is 0 Å². The Balaban J connectivity index is 0.793. The first-order valence-electron chi connectivity index (χ1n) is 22.1. The van der Waals surface area contributed by atoms with Crippen LogP contribution in [0.4, 0.5) is 0 Å². The molecule has 0 saturated heterocycles. The number of allylic oxidation sites excluding steroid dienone is 2. The normalized spacial score (nSPS) is 47.1. The molecule has 6 fully saturated rings. The van der Waals surface area contributed by atoms with Crippen molar-refractivity contribution in [3.8, 4) is 0 Å². The monoisotopic (exact) mass is 729 g/mol. The van der Waals surface area contributed by atoms with E-state index in [0.29, 0.717) is 108 Å². The van der Waals surface area contributed by atoms with Crippen molar-refractivity contribution in [1.82, 2.24) is 0 Å². The molecule has 53 heavy (non-hydrogen) atoms. The molecular formula is C47H68O6. The van der Waals surface area contributed by atoms with Gasteiger partial charge in [-0.3, -0.25) is 19.2 Å². The third kappa shape index (κ3) is 6.54. The van der Waals surface area contributed by atoms with Gasteiger partial charge in [0, 0.05) is 36.5 Å². The van der Waals surface area contributed by atoms with Gasteiger partial charge in [0.05, 0.1) is 0 Å². The number of hydrogen-bond acceptors (Lipinski definition) is 6. The zero-order valence-electron chi connectivity index (χ0n) is 33.7. The fourth-order valence-electron chi connectivity index (χ4n) is 15.7. The maximum Gasteiger partial charge on any atom is 0.306 e. The summed E-state index contributed by atoms with van der Waals surface area (Å²) in [7, 11) is 0. The van der Waals surface area contributed by atoms with Gasteiger partial charge >= 0.3 is 11.9 Å². The van der Waals surface area contributed by atoms with Crippen LogP contribution in [-0.2, 0) is 28.7 Å². The van der Waals surface area contributed by atoms with E-state index in [1.165, 1.54) is 11.1 Å². The summed E-state index contributed by atoms with van der Waals surface area (Å²) in [6.45, 7) is 14.5. The van der Waals surface area contributed by atoms with Crippen molar-refractivity contribution in [3.05, 3.63) is 23.3 Å². The molecule has 0 aromatic heterocycles. The molecule has 0 amide bonds. The van der Waals surface area contributed by atoms with Gasteiger partial charge in [0.15, 0.2) is 11.6 Å². The molecule has 6 saturated carbocycles. The Morgan fingerprint density at radius 3 is 1.42 bits per heavy atom. The zero-order valence-corrected chi connectivity index (χ0v) is 33.7. The minimum Gasteiger partial charge on any atom is -0.462 e. The third-order valence-corrected chi connectivity index (χ3v) is 17.5. The van der Waals surface area contributed by atoms with E-state index in [1.807, 2.05) is 12.2 Å². The van der Waals surface area contributed by atoms with Gasteiger partial charge in [-0.25, -0.2) is 0 Å². The maximum atomic E-state index is 13.2. The highest BCUT2D eigenvalue weighted by atomic mass is 16.5. The first kappa shape index (κ1) is 37.7. The largest absolute Gasteiger partial charge is 0.462 e. The number of ketones is 2. The van der Waals surface area contributed by atoms with Gasteiger partial charge in [0.25, 0.3) is 0 Å². The summed E-state index contributed by atoms with van der Waals surface area (Å²) < 4.78 is 12.7. The van der Waals surface area contributed by atoms with E-state index in [0.717, 1.165) is 83.5 Å². The number of unbranched alkanes of at least 4 members (excludes halogenated alkanes) is 2. The summed E-state index contributed by atoms with van der Waals surface area (Å²) in [5, 5.41) is 0. The van der Waals surface area contributed by atoms with Crippen LogP contribution >= 0.6 is 0 Å². The first-order valence-corrected chi connectivity index (χ1v) is 22.1. The molecule has 0 aliphatic heterocycles. The smallest absolute Gasteiger partial charge is 0.306 e. The van der Waals surface area contributed by atoms with Crippen molar-refractivity contribution >= 4 is 23.5 Å². The molecule has 6 heteroatoms. The van der Waals surface area contributed by atoms with Gasteiger partial charge in [0.1, 0.15) is 12.2 Å². The Kier molecular flexibility index (Phi) is 10.2. The number of carbonyl (C=O) groups is 4. The average molecular weight is 729 g/mol. The number of carbonyl (C=O) groups excluding carboxylic acids is 4. The summed E-state index contributed by atoms with van der Waals surface area (Å²) >= 11 is 0. The second-order valence-corrected chi connectivity index (χ2v) is 20.6. The Labute approximate surface area is 319 Å². The van der Waals surface area contributed by atoms with E-state index >= 15 is 0 Å². The van der Waals surface area contributed by atoms with Crippen molar-refractivity contribution in [2.75, 3.05) is 0 Å². The van der Waals surface area contributed by atoms with E-state index in [-0.39, 0.29) is 35.0 Å². The Hall–Kier alpha value is -2.24. The summed E-state index contributed by atoms with van der Waals surface area (Å²) in [5.74, 6) is 7.60. The van der Waals surface area contributed by atoms with E-state index in [1.54, 1.807) is 0 Å². The van der Waals surface area contributed by atoms with Crippen LogP contribution in [0.1, 0.15) is 151 Å². The molecular weight excluding hydrogens is 661 g/mol. The predicted molar refractivity (Wildman–Crippen MR) is 205 cm³/mol. The van der Waals surface area contributed by atoms with Crippen molar-refractivity contribution in [2.45, 2.75) is 163 Å². The minimum atomic E-state index is -0.0732. The van der Waals surface area contributed by atoms with Gasteiger partial charge in [-0.15, -0.1) is 0 Å². The Bertz CT molecular complexity index is 1430. The molecule has 6 nitrogen and oxygen atoms in total. The van der Waals surface area contributed by atoms with Crippen LogP contribution in [0, 0.1) is 81.8 Å². The lowest BCUT2D eigenvalue weighted by Gasteiger charge is -2.58. The summed E-state index contributed by atoms with van der Waals surface area (Å²) in [5.41, 5.74) is 2.89. The molecule has 0 spiro atoms. The van der Waals surface area contributed by atoms with Gasteiger partial charge in [0.2, 0.25) is 0 Å². The second-order valence-electron chi connectivity index (χ2n) is 20.6. The van der Waals surface area contributed by atoms with Crippen molar-refractivity contribution in [3.63, 3.8) is 0 Å². The van der Waals surface area contributed by atoms with Gasteiger partial charge in [-0.1, -0.05) is 59.1 Å². The van der Waals surface area contributed by atoms with E-state index in [9.17, 15) is 19.2 Å². The molecule has 0 radical (unpaired) electrons. The molecule has 0 bridgehead atoms. The summed E-state index contributed by atoms with van der Waals surface area (Å²) in [6.07, 6.45) is 19.1. The van der Waals surface area contributed by atoms with Crippen LogP contribution in [0.2, 0.25) is 0 Å². The molecule has 16 atom stereocenters. The highest BCUT2D eigenvalue weighted by molar-refractivity contribution is 5.91. The van der Waals surface area contributed by atoms with Crippen molar-refractivity contribution in [1.29, 1.82) is 0 Å². The molecule has 8 aliphatic carbocycles. The topological polar surface area (TPSA) is 86.7 Å².